The van der Waals surface area contributed by atoms with Crippen molar-refractivity contribution in [3.05, 3.63) is 191 Å². The van der Waals surface area contributed by atoms with Gasteiger partial charge in [-0.2, -0.15) is 0 Å². The molecule has 0 atom stereocenters. The molecule has 0 bridgehead atoms. The summed E-state index contributed by atoms with van der Waals surface area (Å²) in [6, 6.07) is 40.4. The predicted octanol–water partition coefficient (Wildman–Crippen LogP) is 17.4. The first-order chi connectivity index (χ1) is 36.5. The van der Waals surface area contributed by atoms with Crippen molar-refractivity contribution in [2.45, 2.75) is 106 Å². The number of hydrogen-bond donors (Lipinski definition) is 1. The van der Waals surface area contributed by atoms with Gasteiger partial charge in [0.05, 0.1) is 27.8 Å². The van der Waals surface area contributed by atoms with E-state index < -0.39 is 48.9 Å². The molecule has 352 valence electrons. The minimum atomic E-state index is -2.86. The Morgan fingerprint density at radius 1 is 0.638 bits per heavy atom. The van der Waals surface area contributed by atoms with Crippen molar-refractivity contribution in [1.29, 1.82) is 0 Å². The first kappa shape index (κ1) is 37.5. The Labute approximate surface area is 438 Å². The zero-order valence-electron chi connectivity index (χ0n) is 50.9. The Bertz CT molecular complexity index is 3780. The second kappa shape index (κ2) is 19.2. The average Bonchev–Trinajstić information content (AvgIpc) is 4.02. The van der Waals surface area contributed by atoms with Gasteiger partial charge in [0.15, 0.2) is 0 Å². The maximum Gasteiger partial charge on any atom is 0.148 e. The van der Waals surface area contributed by atoms with Crippen LogP contribution in [0, 0.1) is 19.8 Å². The third kappa shape index (κ3) is 9.66. The number of pyridine rings is 1. The van der Waals surface area contributed by atoms with E-state index in [-0.39, 0.29) is 55.2 Å². The molecule has 0 unspecified atom stereocenters. The molecular formula is C64H64N3OPt-. The zero-order chi connectivity index (χ0) is 56.7. The third-order valence-corrected chi connectivity index (χ3v) is 12.8. The molecule has 0 fully saturated rings. The van der Waals surface area contributed by atoms with Crippen LogP contribution < -0.4 is 0 Å². The molecule has 2 aromatic heterocycles. The van der Waals surface area contributed by atoms with Crippen LogP contribution in [-0.2, 0) is 31.9 Å². The molecule has 0 aliphatic rings. The van der Waals surface area contributed by atoms with Gasteiger partial charge in [0.25, 0.3) is 0 Å². The summed E-state index contributed by atoms with van der Waals surface area (Å²) >= 11 is 0. The number of rotatable bonds is 9. The Balaban J connectivity index is 0.00000822. The first-order valence-electron chi connectivity index (χ1n) is 28.4. The van der Waals surface area contributed by atoms with Crippen molar-refractivity contribution in [2.75, 3.05) is 0 Å². The molecule has 7 aromatic carbocycles. The summed E-state index contributed by atoms with van der Waals surface area (Å²) in [7, 11) is 0. The summed E-state index contributed by atoms with van der Waals surface area (Å²) in [6.07, 6.45) is 1.52. The Morgan fingerprint density at radius 3 is 2.04 bits per heavy atom. The van der Waals surface area contributed by atoms with Crippen LogP contribution in [0.2, 0.25) is 0 Å². The van der Waals surface area contributed by atoms with Gasteiger partial charge in [-0.3, -0.25) is 9.55 Å². The van der Waals surface area contributed by atoms with Crippen LogP contribution in [0.1, 0.15) is 128 Å². The SMILES string of the molecule is [2H]c1c([2H])c(C([2H])([2H])[2H])c([2H])c([2H])c1-c1ccnc(-c2[c-]c(-c3cccc4c3nc(-c3cc(C(C)C)cc(C(C)C)c3O)n4-c3ccc(-c4c(-c5ccccc5)cccc4C(C)(C)C)cc3C([2H])([2H])[2H])cc(C(C)(C)C)c2)c1.[Pt]. The number of phenolic OH excluding ortho intramolecular Hbond substituents is 1. The van der Waals surface area contributed by atoms with Crippen LogP contribution in [0.15, 0.2) is 152 Å². The standard InChI is InChI=1S/C64H64N3O.Pt/c1-39(2)47-36-53(40(3)4)61(68)54(37-47)62-66-60-52(48-33-49(35-50(34-48)63(7,8)9)56-38-45(30-31-65-56)43-26-24-41(5)25-27-43)21-17-23-58(60)67(62)57-29-28-46(32-42(57)6)59-51(44-18-14-13-15-19-44)20-16-22-55(59)64(10,11)12;/h13-32,34-40,68H,1-12H3;/q-1;/i5D3,6D3,24D,25D,26D,27D;. The molecule has 0 amide bonds. The Kier molecular flexibility index (Phi) is 10.4. The van der Waals surface area contributed by atoms with Crippen molar-refractivity contribution >= 4 is 11.0 Å². The summed E-state index contributed by atoms with van der Waals surface area (Å²) < 4.78 is 88.4. The van der Waals surface area contributed by atoms with Crippen LogP contribution in [0.25, 0.3) is 83.9 Å². The smallest absolute Gasteiger partial charge is 0.148 e. The third-order valence-electron chi connectivity index (χ3n) is 12.8. The van der Waals surface area contributed by atoms with E-state index in [0.29, 0.717) is 56.1 Å². The maximum atomic E-state index is 12.4. The fourth-order valence-electron chi connectivity index (χ4n) is 9.07. The Hall–Kier alpha value is -6.35. The molecule has 9 rings (SSSR count). The maximum absolute atomic E-state index is 12.4. The van der Waals surface area contributed by atoms with E-state index in [9.17, 15) is 9.22 Å². The van der Waals surface area contributed by atoms with Crippen LogP contribution in [0.4, 0.5) is 0 Å². The van der Waals surface area contributed by atoms with Gasteiger partial charge in [-0.25, -0.2) is 4.98 Å². The molecule has 0 aliphatic carbocycles. The molecule has 0 saturated heterocycles. The molecule has 1 N–H and O–H groups in total. The molecule has 0 aliphatic heterocycles. The number of hydrogen-bond acceptors (Lipinski definition) is 3. The Morgan fingerprint density at radius 2 is 1.36 bits per heavy atom. The molecule has 2 heterocycles. The predicted molar refractivity (Wildman–Crippen MR) is 287 cm³/mol. The van der Waals surface area contributed by atoms with Gasteiger partial charge in [0.1, 0.15) is 11.6 Å². The topological polar surface area (TPSA) is 50.9 Å². The summed E-state index contributed by atoms with van der Waals surface area (Å²) in [6.45, 7) is 15.5. The van der Waals surface area contributed by atoms with E-state index in [1.54, 1.807) is 18.2 Å². The number of aromatic hydroxyl groups is 1. The van der Waals surface area contributed by atoms with Crippen LogP contribution in [-0.4, -0.2) is 19.6 Å². The zero-order valence-corrected chi connectivity index (χ0v) is 43.2. The summed E-state index contributed by atoms with van der Waals surface area (Å²) in [5, 5.41) is 12.4. The van der Waals surface area contributed by atoms with Gasteiger partial charge in [0, 0.05) is 41.2 Å². The molecule has 69 heavy (non-hydrogen) atoms. The fourth-order valence-corrected chi connectivity index (χ4v) is 9.07. The summed E-state index contributed by atoms with van der Waals surface area (Å²) in [4.78, 5) is 10.2. The average molecular weight is 1100 g/mol. The number of nitrogens with zero attached hydrogens (tertiary/aromatic N) is 3. The van der Waals surface area contributed by atoms with Crippen LogP contribution in [0.5, 0.6) is 5.75 Å². The van der Waals surface area contributed by atoms with E-state index >= 15 is 0 Å². The van der Waals surface area contributed by atoms with Gasteiger partial charge in [-0.05, 0) is 122 Å². The quantitative estimate of drug-likeness (QED) is 0.147. The van der Waals surface area contributed by atoms with Gasteiger partial charge in [-0.15, -0.1) is 29.3 Å². The molecule has 0 saturated carbocycles. The first-order valence-corrected chi connectivity index (χ1v) is 23.4. The minimum absolute atomic E-state index is 0. The van der Waals surface area contributed by atoms with Crippen molar-refractivity contribution < 1.29 is 39.9 Å². The second-order valence-electron chi connectivity index (χ2n) is 20.5. The van der Waals surface area contributed by atoms with E-state index in [1.807, 2.05) is 91.2 Å². The number of para-hydroxylation sites is 1. The monoisotopic (exact) mass is 1100 g/mol. The summed E-state index contributed by atoms with van der Waals surface area (Å²) in [5.41, 5.74) is 10.6. The summed E-state index contributed by atoms with van der Waals surface area (Å²) in [5.74, 6) is 0.414. The normalized spacial score (nSPS) is 14.4. The second-order valence-corrected chi connectivity index (χ2v) is 20.5. The van der Waals surface area contributed by atoms with Gasteiger partial charge >= 0.3 is 0 Å². The van der Waals surface area contributed by atoms with Crippen molar-refractivity contribution in [3.63, 3.8) is 0 Å². The number of benzene rings is 7. The number of imidazole rings is 1. The van der Waals surface area contributed by atoms with E-state index in [2.05, 4.69) is 91.8 Å². The minimum Gasteiger partial charge on any atom is -0.507 e. The van der Waals surface area contributed by atoms with Crippen LogP contribution >= 0.6 is 0 Å². The van der Waals surface area contributed by atoms with Gasteiger partial charge in [-0.1, -0.05) is 189 Å². The molecule has 0 radical (unpaired) electrons. The number of phenols is 1. The number of aryl methyl sites for hydroxylation is 1. The van der Waals surface area contributed by atoms with Crippen molar-refractivity contribution in [1.82, 2.24) is 14.5 Å². The molecule has 0 spiro atoms. The van der Waals surface area contributed by atoms with Gasteiger partial charge < -0.3 is 5.11 Å². The van der Waals surface area contributed by atoms with E-state index in [1.165, 1.54) is 6.20 Å². The number of aromatic nitrogens is 3. The molecule has 5 heteroatoms. The van der Waals surface area contributed by atoms with E-state index in [4.69, 9.17) is 19.6 Å². The molecular weight excluding hydrogens is 1020 g/mol. The van der Waals surface area contributed by atoms with Crippen molar-refractivity contribution in [3.8, 4) is 78.6 Å². The molecule has 9 aromatic rings. The largest absolute Gasteiger partial charge is 0.507 e. The van der Waals surface area contributed by atoms with E-state index in [0.717, 1.165) is 44.5 Å². The number of fused-ring (bicyclic) bond motifs is 1. The van der Waals surface area contributed by atoms with Crippen molar-refractivity contribution in [2.24, 2.45) is 0 Å². The fraction of sp³-hybridized carbons (Fsp3) is 0.250. The van der Waals surface area contributed by atoms with Gasteiger partial charge in [0.2, 0.25) is 0 Å². The molecule has 4 nitrogen and oxygen atoms in total. The van der Waals surface area contributed by atoms with Crippen LogP contribution in [0.3, 0.4) is 0 Å².